The smallest absolute Gasteiger partial charge is 0.416 e. The maximum atomic E-state index is 13.7. The minimum atomic E-state index is -5.11. The van der Waals surface area contributed by atoms with Crippen LogP contribution < -0.4 is 15.5 Å². The summed E-state index contributed by atoms with van der Waals surface area (Å²) in [5.41, 5.74) is -5.92. The summed E-state index contributed by atoms with van der Waals surface area (Å²) in [6, 6.07) is 5.06. The van der Waals surface area contributed by atoms with Gasteiger partial charge in [0.15, 0.2) is 5.78 Å². The van der Waals surface area contributed by atoms with Crippen molar-refractivity contribution in [1.29, 1.82) is 0 Å². The number of benzene rings is 2. The summed E-state index contributed by atoms with van der Waals surface area (Å²) in [5, 5.41) is 4.92. The number of ketones is 1. The van der Waals surface area contributed by atoms with E-state index in [0.29, 0.717) is 12.1 Å². The summed E-state index contributed by atoms with van der Waals surface area (Å²) >= 11 is 0. The maximum absolute atomic E-state index is 13.7. The molecule has 0 spiro atoms. The molecule has 1 saturated carbocycles. The van der Waals surface area contributed by atoms with Crippen molar-refractivity contribution < 1.29 is 50.3 Å². The highest BCUT2D eigenvalue weighted by Gasteiger charge is 2.53. The second kappa shape index (κ2) is 10.6. The van der Waals surface area contributed by atoms with E-state index < -0.39 is 82.9 Å². The van der Waals surface area contributed by atoms with Gasteiger partial charge in [0.25, 0.3) is 0 Å². The number of alkyl carbamates (subject to hydrolysis) is 1. The number of ether oxygens (including phenoxy) is 1. The van der Waals surface area contributed by atoms with Crippen LogP contribution in [0.3, 0.4) is 0 Å². The predicted molar refractivity (Wildman–Crippen MR) is 136 cm³/mol. The Morgan fingerprint density at radius 3 is 2.05 bits per heavy atom. The van der Waals surface area contributed by atoms with Gasteiger partial charge in [-0.2, -0.15) is 26.3 Å². The van der Waals surface area contributed by atoms with Crippen molar-refractivity contribution in [1.82, 2.24) is 10.6 Å². The van der Waals surface area contributed by atoms with E-state index in [1.807, 2.05) is 0 Å². The molecule has 226 valence electrons. The summed E-state index contributed by atoms with van der Waals surface area (Å²) < 4.78 is 86.0. The Labute approximate surface area is 236 Å². The van der Waals surface area contributed by atoms with Crippen LogP contribution in [0.1, 0.15) is 67.1 Å². The van der Waals surface area contributed by atoms with Crippen molar-refractivity contribution in [2.45, 2.75) is 76.1 Å². The van der Waals surface area contributed by atoms with E-state index in [-0.39, 0.29) is 30.2 Å². The molecular weight excluding hydrogens is 572 g/mol. The fraction of sp³-hybridized carbons (Fsp3) is 0.429. The number of nitrogens with zero attached hydrogens (tertiary/aromatic N) is 1. The third-order valence-electron chi connectivity index (χ3n) is 6.67. The molecule has 3 amide bonds. The van der Waals surface area contributed by atoms with Gasteiger partial charge in [-0.05, 0) is 69.5 Å². The molecule has 0 unspecified atom stereocenters. The molecule has 0 aromatic heterocycles. The quantitative estimate of drug-likeness (QED) is 0.449. The largest absolute Gasteiger partial charge is 0.444 e. The highest BCUT2D eigenvalue weighted by molar-refractivity contribution is 6.13. The lowest BCUT2D eigenvalue weighted by molar-refractivity contribution is -0.143. The number of halogens is 6. The number of hydrogen-bond donors (Lipinski definition) is 2. The van der Waals surface area contributed by atoms with E-state index in [2.05, 4.69) is 10.6 Å². The molecule has 4 rings (SSSR count). The first-order valence-corrected chi connectivity index (χ1v) is 12.8. The van der Waals surface area contributed by atoms with Crippen LogP contribution in [0.4, 0.5) is 36.8 Å². The molecule has 1 atom stereocenters. The van der Waals surface area contributed by atoms with Crippen LogP contribution in [0.15, 0.2) is 42.5 Å². The molecule has 2 aromatic carbocycles. The fourth-order valence-corrected chi connectivity index (χ4v) is 4.53. The van der Waals surface area contributed by atoms with Gasteiger partial charge >= 0.3 is 18.4 Å². The van der Waals surface area contributed by atoms with E-state index in [1.165, 1.54) is 24.3 Å². The van der Waals surface area contributed by atoms with Crippen LogP contribution in [-0.4, -0.2) is 40.9 Å². The zero-order chi connectivity index (χ0) is 31.3. The lowest BCUT2D eigenvalue weighted by atomic mass is 10.0. The number of anilines is 1. The highest BCUT2D eigenvalue weighted by Crippen LogP contribution is 2.39. The number of fused-ring (bicyclic) bond motifs is 1. The van der Waals surface area contributed by atoms with Gasteiger partial charge < -0.3 is 20.3 Å². The third-order valence-corrected chi connectivity index (χ3v) is 6.67. The first-order valence-electron chi connectivity index (χ1n) is 12.8. The molecule has 2 aromatic rings. The zero-order valence-electron chi connectivity index (χ0n) is 22.7. The highest BCUT2D eigenvalue weighted by atomic mass is 19.4. The van der Waals surface area contributed by atoms with E-state index in [9.17, 15) is 45.5 Å². The third kappa shape index (κ3) is 6.85. The lowest BCUT2D eigenvalue weighted by Gasteiger charge is -2.28. The number of para-hydroxylation sites is 1. The zero-order valence-corrected chi connectivity index (χ0v) is 22.7. The topological polar surface area (TPSA) is 105 Å². The summed E-state index contributed by atoms with van der Waals surface area (Å²) in [6.45, 7) is 4.10. The summed E-state index contributed by atoms with van der Waals surface area (Å²) in [7, 11) is 0. The van der Waals surface area contributed by atoms with Crippen LogP contribution in [0.25, 0.3) is 0 Å². The van der Waals surface area contributed by atoms with Crippen LogP contribution in [0, 0.1) is 0 Å². The van der Waals surface area contributed by atoms with E-state index >= 15 is 0 Å². The van der Waals surface area contributed by atoms with Gasteiger partial charge in [-0.3, -0.25) is 14.4 Å². The molecular formula is C28H27F6N3O5. The van der Waals surface area contributed by atoms with Gasteiger partial charge in [0, 0.05) is 12.0 Å². The number of carbonyl (C=O) groups is 4. The SMILES string of the molecule is CC(C)(C)OC(=O)NC1(C(=O)N[C@@H]2CC(=O)c3ccccc3N(Cc3cc(C(F)(F)F)cc(C(F)(F)F)c3)C2=O)CC1. The summed E-state index contributed by atoms with van der Waals surface area (Å²) in [4.78, 5) is 53.2. The Hall–Kier alpha value is -4.10. The Balaban J connectivity index is 1.66. The molecule has 42 heavy (non-hydrogen) atoms. The first kappa shape index (κ1) is 30.8. The first-order chi connectivity index (χ1) is 19.3. The van der Waals surface area contributed by atoms with E-state index in [4.69, 9.17) is 4.74 Å². The average Bonchev–Trinajstić information content (AvgIpc) is 3.65. The monoisotopic (exact) mass is 599 g/mol. The normalized spacial score (nSPS) is 18.6. The number of alkyl halides is 6. The molecule has 1 aliphatic heterocycles. The Morgan fingerprint density at radius 1 is 0.952 bits per heavy atom. The van der Waals surface area contributed by atoms with E-state index in [1.54, 1.807) is 20.8 Å². The molecule has 1 fully saturated rings. The Kier molecular flexibility index (Phi) is 7.80. The number of hydrogen-bond acceptors (Lipinski definition) is 5. The van der Waals surface area contributed by atoms with Crippen molar-refractivity contribution >= 4 is 29.4 Å². The number of amides is 3. The van der Waals surface area contributed by atoms with Gasteiger partial charge in [-0.15, -0.1) is 0 Å². The molecule has 0 saturated heterocycles. The van der Waals surface area contributed by atoms with Crippen LogP contribution >= 0.6 is 0 Å². The second-order valence-corrected chi connectivity index (χ2v) is 11.2. The standard InChI is InChI=1S/C28H27F6N3O5/c1-25(2,3)42-24(41)36-26(8-9-26)23(40)35-19-13-21(38)18-6-4-5-7-20(18)37(22(19)39)14-15-10-16(27(29,30)31)12-17(11-15)28(32,33)34/h4-7,10-12,19H,8-9,13-14H2,1-3H3,(H,35,40)(H,36,41)/t19-/m1/s1. The molecule has 0 bridgehead atoms. The molecule has 0 radical (unpaired) electrons. The van der Waals surface area contributed by atoms with Crippen LogP contribution in [0.5, 0.6) is 0 Å². The minimum absolute atomic E-state index is 0.00126. The minimum Gasteiger partial charge on any atom is -0.444 e. The molecule has 2 aliphatic rings. The van der Waals surface area contributed by atoms with Crippen molar-refractivity contribution in [3.63, 3.8) is 0 Å². The lowest BCUT2D eigenvalue weighted by Crippen LogP contribution is -2.56. The number of Topliss-reactive ketones (excluding diaryl/α,β-unsaturated/α-hetero) is 1. The average molecular weight is 600 g/mol. The van der Waals surface area contributed by atoms with Crippen molar-refractivity contribution in [2.24, 2.45) is 0 Å². The van der Waals surface area contributed by atoms with Gasteiger partial charge in [-0.25, -0.2) is 4.79 Å². The Bertz CT molecular complexity index is 1390. The van der Waals surface area contributed by atoms with Crippen LogP contribution in [0.2, 0.25) is 0 Å². The summed E-state index contributed by atoms with van der Waals surface area (Å²) in [6.07, 6.45) is -11.2. The molecule has 14 heteroatoms. The molecule has 1 heterocycles. The van der Waals surface area contributed by atoms with Gasteiger partial charge in [0.05, 0.1) is 23.4 Å². The molecule has 2 N–H and O–H groups in total. The fourth-order valence-electron chi connectivity index (χ4n) is 4.53. The van der Waals surface area contributed by atoms with Gasteiger partial charge in [-0.1, -0.05) is 12.1 Å². The maximum Gasteiger partial charge on any atom is 0.416 e. The predicted octanol–water partition coefficient (Wildman–Crippen LogP) is 5.39. The number of nitrogens with one attached hydrogen (secondary N) is 2. The number of carbonyl (C=O) groups excluding carboxylic acids is 4. The van der Waals surface area contributed by atoms with Gasteiger partial charge in [0.1, 0.15) is 17.2 Å². The summed E-state index contributed by atoms with van der Waals surface area (Å²) in [5.74, 6) is -2.30. The van der Waals surface area contributed by atoms with Crippen molar-refractivity contribution in [2.75, 3.05) is 4.90 Å². The number of rotatable bonds is 5. The van der Waals surface area contributed by atoms with Crippen LogP contribution in [-0.2, 0) is 33.2 Å². The molecule has 8 nitrogen and oxygen atoms in total. The van der Waals surface area contributed by atoms with Crippen molar-refractivity contribution in [3.8, 4) is 0 Å². The van der Waals surface area contributed by atoms with Crippen molar-refractivity contribution in [3.05, 3.63) is 64.7 Å². The van der Waals surface area contributed by atoms with Gasteiger partial charge in [0.2, 0.25) is 11.8 Å². The van der Waals surface area contributed by atoms with E-state index in [0.717, 1.165) is 4.90 Å². The molecule has 1 aliphatic carbocycles. The second-order valence-electron chi connectivity index (χ2n) is 11.2. The Morgan fingerprint density at radius 2 is 1.52 bits per heavy atom.